The zero-order valence-corrected chi connectivity index (χ0v) is 10.4. The van der Waals surface area contributed by atoms with Gasteiger partial charge >= 0.3 is 5.97 Å². The molecular formula is C13H18FNO2. The summed E-state index contributed by atoms with van der Waals surface area (Å²) in [6.45, 7) is 4.07. The van der Waals surface area contributed by atoms with Gasteiger partial charge in [0.25, 0.3) is 0 Å². The van der Waals surface area contributed by atoms with Gasteiger partial charge in [0, 0.05) is 6.04 Å². The second kappa shape index (κ2) is 6.23. The van der Waals surface area contributed by atoms with E-state index in [2.05, 4.69) is 17.0 Å². The zero-order valence-electron chi connectivity index (χ0n) is 10.4. The van der Waals surface area contributed by atoms with E-state index in [0.717, 1.165) is 12.8 Å². The van der Waals surface area contributed by atoms with Gasteiger partial charge in [-0.3, -0.25) is 0 Å². The van der Waals surface area contributed by atoms with Crippen LogP contribution in [-0.2, 0) is 4.74 Å². The first-order valence-corrected chi connectivity index (χ1v) is 5.72. The molecule has 0 aliphatic heterocycles. The quantitative estimate of drug-likeness (QED) is 0.802. The molecule has 17 heavy (non-hydrogen) atoms. The van der Waals surface area contributed by atoms with Crippen LogP contribution in [0.15, 0.2) is 18.2 Å². The number of carbonyl (C=O) groups is 1. The minimum Gasteiger partial charge on any atom is -0.465 e. The number of ether oxygens (including phenoxy) is 1. The Bertz CT molecular complexity index is 393. The standard InChI is InChI=1S/C13H18FNO2/c1-4-5-9(2)15-12-8-10(14)6-7-11(12)13(16)17-3/h6-9,15H,4-5H2,1-3H3. The molecule has 1 unspecified atom stereocenters. The summed E-state index contributed by atoms with van der Waals surface area (Å²) in [4.78, 5) is 11.5. The highest BCUT2D eigenvalue weighted by molar-refractivity contribution is 5.95. The summed E-state index contributed by atoms with van der Waals surface area (Å²) in [5.41, 5.74) is 0.842. The van der Waals surface area contributed by atoms with Gasteiger partial charge < -0.3 is 10.1 Å². The summed E-state index contributed by atoms with van der Waals surface area (Å²) in [5, 5.41) is 3.13. The monoisotopic (exact) mass is 239 g/mol. The predicted molar refractivity (Wildman–Crippen MR) is 65.7 cm³/mol. The van der Waals surface area contributed by atoms with Crippen LogP contribution >= 0.6 is 0 Å². The molecule has 0 amide bonds. The van der Waals surface area contributed by atoms with Gasteiger partial charge in [-0.25, -0.2) is 9.18 Å². The van der Waals surface area contributed by atoms with Gasteiger partial charge in [-0.1, -0.05) is 13.3 Å². The number of hydrogen-bond donors (Lipinski definition) is 1. The lowest BCUT2D eigenvalue weighted by Crippen LogP contribution is -2.17. The van der Waals surface area contributed by atoms with Crippen LogP contribution in [0.25, 0.3) is 0 Å². The molecule has 1 aromatic carbocycles. The molecule has 0 aliphatic rings. The Kier molecular flexibility index (Phi) is 4.94. The smallest absolute Gasteiger partial charge is 0.339 e. The maximum atomic E-state index is 13.2. The summed E-state index contributed by atoms with van der Waals surface area (Å²) in [6.07, 6.45) is 1.98. The van der Waals surface area contributed by atoms with E-state index in [-0.39, 0.29) is 11.9 Å². The van der Waals surface area contributed by atoms with E-state index in [0.29, 0.717) is 11.3 Å². The Morgan fingerprint density at radius 3 is 2.82 bits per heavy atom. The van der Waals surface area contributed by atoms with Crippen LogP contribution in [0.5, 0.6) is 0 Å². The Labute approximate surface area is 101 Å². The highest BCUT2D eigenvalue weighted by Gasteiger charge is 2.14. The lowest BCUT2D eigenvalue weighted by molar-refractivity contribution is 0.0602. The molecule has 0 saturated heterocycles. The fourth-order valence-corrected chi connectivity index (χ4v) is 1.69. The van der Waals surface area contributed by atoms with Gasteiger partial charge in [-0.2, -0.15) is 0 Å². The number of benzene rings is 1. The van der Waals surface area contributed by atoms with Gasteiger partial charge in [-0.15, -0.1) is 0 Å². The molecule has 0 heterocycles. The maximum absolute atomic E-state index is 13.2. The van der Waals surface area contributed by atoms with Crippen molar-refractivity contribution in [3.8, 4) is 0 Å². The average molecular weight is 239 g/mol. The molecule has 1 N–H and O–H groups in total. The van der Waals surface area contributed by atoms with E-state index in [9.17, 15) is 9.18 Å². The van der Waals surface area contributed by atoms with Crippen LogP contribution in [0, 0.1) is 5.82 Å². The molecular weight excluding hydrogens is 221 g/mol. The first-order chi connectivity index (χ1) is 8.08. The highest BCUT2D eigenvalue weighted by Crippen LogP contribution is 2.20. The molecule has 94 valence electrons. The fraction of sp³-hybridized carbons (Fsp3) is 0.462. The van der Waals surface area contributed by atoms with E-state index < -0.39 is 5.97 Å². The van der Waals surface area contributed by atoms with Crippen LogP contribution in [0.2, 0.25) is 0 Å². The first-order valence-electron chi connectivity index (χ1n) is 5.72. The summed E-state index contributed by atoms with van der Waals surface area (Å²) in [5.74, 6) is -0.833. The van der Waals surface area contributed by atoms with E-state index >= 15 is 0 Å². The third kappa shape index (κ3) is 3.73. The minimum atomic E-state index is -0.462. The van der Waals surface area contributed by atoms with Gasteiger partial charge in [0.15, 0.2) is 0 Å². The minimum absolute atomic E-state index is 0.185. The number of hydrogen-bond acceptors (Lipinski definition) is 3. The number of halogens is 1. The topological polar surface area (TPSA) is 38.3 Å². The number of rotatable bonds is 5. The van der Waals surface area contributed by atoms with Crippen molar-refractivity contribution < 1.29 is 13.9 Å². The zero-order chi connectivity index (χ0) is 12.8. The van der Waals surface area contributed by atoms with Crippen molar-refractivity contribution in [2.75, 3.05) is 12.4 Å². The van der Waals surface area contributed by atoms with Crippen molar-refractivity contribution in [1.82, 2.24) is 0 Å². The van der Waals surface area contributed by atoms with Crippen LogP contribution < -0.4 is 5.32 Å². The molecule has 1 aromatic rings. The molecule has 1 atom stereocenters. The van der Waals surface area contributed by atoms with Crippen molar-refractivity contribution in [2.24, 2.45) is 0 Å². The second-order valence-electron chi connectivity index (χ2n) is 4.02. The fourth-order valence-electron chi connectivity index (χ4n) is 1.69. The number of methoxy groups -OCH3 is 1. The SMILES string of the molecule is CCCC(C)Nc1cc(F)ccc1C(=O)OC. The summed E-state index contributed by atoms with van der Waals surface area (Å²) in [7, 11) is 1.31. The molecule has 0 fully saturated rings. The van der Waals surface area contributed by atoms with Crippen molar-refractivity contribution in [3.63, 3.8) is 0 Å². The molecule has 0 spiro atoms. The summed E-state index contributed by atoms with van der Waals surface area (Å²) >= 11 is 0. The Morgan fingerprint density at radius 2 is 2.24 bits per heavy atom. The summed E-state index contributed by atoms with van der Waals surface area (Å²) < 4.78 is 17.8. The van der Waals surface area contributed by atoms with Crippen LogP contribution in [0.4, 0.5) is 10.1 Å². The van der Waals surface area contributed by atoms with E-state index in [1.807, 2.05) is 6.92 Å². The van der Waals surface area contributed by atoms with Crippen LogP contribution in [0.3, 0.4) is 0 Å². The molecule has 1 rings (SSSR count). The van der Waals surface area contributed by atoms with Gasteiger partial charge in [0.05, 0.1) is 18.4 Å². The normalized spacial score (nSPS) is 12.0. The second-order valence-corrected chi connectivity index (χ2v) is 4.02. The largest absolute Gasteiger partial charge is 0.465 e. The Hall–Kier alpha value is -1.58. The lowest BCUT2D eigenvalue weighted by atomic mass is 10.1. The summed E-state index contributed by atoms with van der Waals surface area (Å²) in [6, 6.07) is 4.19. The van der Waals surface area contributed by atoms with Crippen LogP contribution in [0.1, 0.15) is 37.0 Å². The molecule has 0 bridgehead atoms. The third-order valence-electron chi connectivity index (χ3n) is 2.51. The number of carbonyl (C=O) groups excluding carboxylic acids is 1. The van der Waals surface area contributed by atoms with Crippen molar-refractivity contribution in [1.29, 1.82) is 0 Å². The van der Waals surface area contributed by atoms with E-state index in [1.165, 1.54) is 25.3 Å². The Morgan fingerprint density at radius 1 is 1.53 bits per heavy atom. The predicted octanol–water partition coefficient (Wildman–Crippen LogP) is 3.21. The van der Waals surface area contributed by atoms with E-state index in [1.54, 1.807) is 0 Å². The van der Waals surface area contributed by atoms with E-state index in [4.69, 9.17) is 0 Å². The molecule has 0 aromatic heterocycles. The lowest BCUT2D eigenvalue weighted by Gasteiger charge is -2.16. The van der Waals surface area contributed by atoms with Gasteiger partial charge in [0.1, 0.15) is 5.82 Å². The van der Waals surface area contributed by atoms with Crippen LogP contribution in [-0.4, -0.2) is 19.1 Å². The highest BCUT2D eigenvalue weighted by atomic mass is 19.1. The molecule has 0 radical (unpaired) electrons. The number of nitrogens with one attached hydrogen (secondary N) is 1. The molecule has 0 aliphatic carbocycles. The molecule has 3 nitrogen and oxygen atoms in total. The maximum Gasteiger partial charge on any atom is 0.339 e. The number of anilines is 1. The number of esters is 1. The first kappa shape index (κ1) is 13.5. The van der Waals surface area contributed by atoms with Crippen molar-refractivity contribution in [3.05, 3.63) is 29.6 Å². The molecule has 0 saturated carbocycles. The van der Waals surface area contributed by atoms with Crippen molar-refractivity contribution >= 4 is 11.7 Å². The van der Waals surface area contributed by atoms with Gasteiger partial charge in [-0.05, 0) is 31.5 Å². The van der Waals surface area contributed by atoms with Gasteiger partial charge in [0.2, 0.25) is 0 Å². The third-order valence-corrected chi connectivity index (χ3v) is 2.51. The van der Waals surface area contributed by atoms with Crippen molar-refractivity contribution in [2.45, 2.75) is 32.7 Å². The average Bonchev–Trinajstić information content (AvgIpc) is 2.28. The molecule has 4 heteroatoms. The Balaban J connectivity index is 2.94.